The van der Waals surface area contributed by atoms with E-state index in [2.05, 4.69) is 26.8 Å². The summed E-state index contributed by atoms with van der Waals surface area (Å²) in [7, 11) is 1.45. The lowest BCUT2D eigenvalue weighted by Gasteiger charge is -2.58. The normalized spacial score (nSPS) is 41.1. The maximum absolute atomic E-state index is 12.0. The molecule has 0 amide bonds. The van der Waals surface area contributed by atoms with Gasteiger partial charge in [-0.05, 0) is 105 Å². The van der Waals surface area contributed by atoms with Gasteiger partial charge in [-0.1, -0.05) is 31.1 Å². The molecule has 8 nitrogen and oxygen atoms in total. The summed E-state index contributed by atoms with van der Waals surface area (Å²) in [5, 5.41) is 0. The van der Waals surface area contributed by atoms with E-state index in [1.54, 1.807) is 18.2 Å². The van der Waals surface area contributed by atoms with Crippen LogP contribution in [0.1, 0.15) is 86.0 Å². The van der Waals surface area contributed by atoms with E-state index in [4.69, 9.17) is 23.7 Å². The van der Waals surface area contributed by atoms with Gasteiger partial charge in [0.2, 0.25) is 0 Å². The van der Waals surface area contributed by atoms with E-state index in [1.807, 2.05) is 0 Å². The first-order valence-electron chi connectivity index (χ1n) is 15.7. The largest absolute Gasteiger partial charge is 0.466 e. The molecule has 0 saturated heterocycles. The van der Waals surface area contributed by atoms with Crippen LogP contribution < -0.4 is 0 Å². The predicted molar refractivity (Wildman–Crippen MR) is 156 cm³/mol. The first-order chi connectivity index (χ1) is 19.9. The molecular weight excluding hydrogens is 536 g/mol. The summed E-state index contributed by atoms with van der Waals surface area (Å²) >= 11 is 0. The van der Waals surface area contributed by atoms with E-state index < -0.39 is 30.4 Å². The highest BCUT2D eigenvalue weighted by Gasteiger charge is 2.59. The van der Waals surface area contributed by atoms with Gasteiger partial charge in [-0.2, -0.15) is 0 Å². The Morgan fingerprint density at radius 1 is 1.00 bits per heavy atom. The monoisotopic (exact) mass is 584 g/mol. The fourth-order valence-corrected chi connectivity index (χ4v) is 9.36. The zero-order chi connectivity index (χ0) is 30.2. The molecule has 0 aromatic rings. The molecule has 0 bridgehead atoms. The minimum atomic E-state index is -0.624. The van der Waals surface area contributed by atoms with Crippen LogP contribution in [0.2, 0.25) is 0 Å². The third-order valence-electron chi connectivity index (χ3n) is 11.4. The third-order valence-corrected chi connectivity index (χ3v) is 11.4. The molecule has 10 atom stereocenters. The van der Waals surface area contributed by atoms with Gasteiger partial charge in [-0.15, -0.1) is 0 Å². The van der Waals surface area contributed by atoms with E-state index in [1.165, 1.54) is 51.4 Å². The van der Waals surface area contributed by atoms with Crippen molar-refractivity contribution in [3.8, 4) is 0 Å². The Morgan fingerprint density at radius 2 is 1.79 bits per heavy atom. The van der Waals surface area contributed by atoms with Crippen LogP contribution in [-0.4, -0.2) is 56.2 Å². The lowest BCUT2D eigenvalue weighted by molar-refractivity contribution is -0.213. The van der Waals surface area contributed by atoms with Crippen LogP contribution in [0.3, 0.4) is 0 Å². The van der Waals surface area contributed by atoms with E-state index in [-0.39, 0.29) is 29.5 Å². The van der Waals surface area contributed by atoms with Gasteiger partial charge in [-0.25, -0.2) is 4.79 Å². The molecule has 4 aliphatic carbocycles. The highest BCUT2D eigenvalue weighted by atomic mass is 16.7. The van der Waals surface area contributed by atoms with Gasteiger partial charge in [0.1, 0.15) is 18.8 Å². The van der Waals surface area contributed by atoms with Crippen molar-refractivity contribution in [2.75, 3.05) is 13.7 Å². The third kappa shape index (κ3) is 5.99. The summed E-state index contributed by atoms with van der Waals surface area (Å²) < 4.78 is 28.0. The highest BCUT2D eigenvalue weighted by Crippen LogP contribution is 2.67. The number of rotatable bonds is 7. The lowest BCUT2D eigenvalue weighted by atomic mass is 9.47. The van der Waals surface area contributed by atoms with Crippen LogP contribution in [-0.2, 0) is 38.1 Å². The van der Waals surface area contributed by atoms with Gasteiger partial charge in [0.25, 0.3) is 0 Å². The molecule has 5 rings (SSSR count). The Labute approximate surface area is 250 Å². The lowest BCUT2D eigenvalue weighted by Crippen LogP contribution is -2.51. The fourth-order valence-electron chi connectivity index (χ4n) is 9.36. The van der Waals surface area contributed by atoms with E-state index in [0.717, 1.165) is 32.1 Å². The number of ether oxygens (including phenoxy) is 5. The molecule has 0 radical (unpaired) electrons. The number of methoxy groups -OCH3 is 1. The number of carbonyl (C=O) groups is 3. The van der Waals surface area contributed by atoms with Gasteiger partial charge in [0.15, 0.2) is 6.29 Å². The molecule has 0 spiro atoms. The van der Waals surface area contributed by atoms with Crippen molar-refractivity contribution in [1.29, 1.82) is 0 Å². The van der Waals surface area contributed by atoms with Crippen LogP contribution >= 0.6 is 0 Å². The van der Waals surface area contributed by atoms with Crippen molar-refractivity contribution in [1.82, 2.24) is 0 Å². The zero-order valence-electron chi connectivity index (χ0n) is 26.1. The summed E-state index contributed by atoms with van der Waals surface area (Å²) in [4.78, 5) is 34.9. The Balaban J connectivity index is 1.25. The molecule has 1 heterocycles. The Hall–Kier alpha value is -2.45. The molecule has 8 heteroatoms. The molecule has 0 aromatic heterocycles. The molecule has 3 fully saturated rings. The van der Waals surface area contributed by atoms with Gasteiger partial charge < -0.3 is 23.7 Å². The topological polar surface area (TPSA) is 97.4 Å². The SMILES string of the molecule is COC(=O)/C=C(\C)[C@H]1CC[C@H]2[C@@H]3CC=C4C[C@@H](OC5C=C[C@H](OC(C)=O)[C@@H](COC(C)=O)O5)CC[C@]4(C)[C@H]3CC[C@]12C. The summed E-state index contributed by atoms with van der Waals surface area (Å²) in [6.07, 6.45) is 14.9. The standard InChI is InChI=1S/C34H48O8/c1-20(17-31(37)38-6)26-9-10-27-25-8-7-23-18-24(13-15-33(23,4)28(25)14-16-34(26,27)5)41-32-12-11-29(40-22(3)36)30(42-32)19-39-21(2)35/h7,11-12,17,24-30,32H,8-10,13-16,18-19H2,1-6H3/b20-17+/t24-,25-,26+,27-,28-,29-,30+,32?,33-,34+/m0/s1. The second-order valence-corrected chi connectivity index (χ2v) is 13.7. The van der Waals surface area contributed by atoms with Gasteiger partial charge >= 0.3 is 17.9 Å². The number of allylic oxidation sites excluding steroid dienone is 2. The minimum absolute atomic E-state index is 0.00656. The van der Waals surface area contributed by atoms with E-state index in [0.29, 0.717) is 23.7 Å². The Morgan fingerprint density at radius 3 is 2.50 bits per heavy atom. The molecule has 0 N–H and O–H groups in total. The molecule has 3 saturated carbocycles. The van der Waals surface area contributed by atoms with Crippen molar-refractivity contribution in [2.45, 2.75) is 111 Å². The average Bonchev–Trinajstić information content (AvgIpc) is 3.30. The molecule has 232 valence electrons. The van der Waals surface area contributed by atoms with Crippen LogP contribution in [0.4, 0.5) is 0 Å². The number of fused-ring (bicyclic) bond motifs is 5. The van der Waals surface area contributed by atoms with E-state index in [9.17, 15) is 14.4 Å². The maximum Gasteiger partial charge on any atom is 0.330 e. The van der Waals surface area contributed by atoms with Crippen molar-refractivity contribution >= 4 is 17.9 Å². The maximum atomic E-state index is 12.0. The zero-order valence-corrected chi connectivity index (χ0v) is 26.1. The quantitative estimate of drug-likeness (QED) is 0.159. The first kappa shape index (κ1) is 31.0. The number of esters is 3. The molecular formula is C34H48O8. The summed E-state index contributed by atoms with van der Waals surface area (Å²) in [6.45, 7) is 9.76. The highest BCUT2D eigenvalue weighted by molar-refractivity contribution is 5.82. The summed E-state index contributed by atoms with van der Waals surface area (Å²) in [6, 6.07) is 0. The van der Waals surface area contributed by atoms with Gasteiger partial charge in [-0.3, -0.25) is 9.59 Å². The van der Waals surface area contributed by atoms with Crippen LogP contribution in [0.15, 0.2) is 35.5 Å². The van der Waals surface area contributed by atoms with Gasteiger partial charge in [0.05, 0.1) is 13.2 Å². The summed E-state index contributed by atoms with van der Waals surface area (Å²) in [5.74, 6) is 1.38. The predicted octanol–water partition coefficient (Wildman–Crippen LogP) is 5.85. The number of hydrogen-bond acceptors (Lipinski definition) is 8. The summed E-state index contributed by atoms with van der Waals surface area (Å²) in [5.41, 5.74) is 3.11. The Kier molecular flexibility index (Phi) is 9.06. The molecule has 42 heavy (non-hydrogen) atoms. The fraction of sp³-hybridized carbons (Fsp3) is 0.735. The number of carbonyl (C=O) groups excluding carboxylic acids is 3. The molecule has 1 aliphatic heterocycles. The minimum Gasteiger partial charge on any atom is -0.466 e. The molecule has 0 aromatic carbocycles. The molecule has 1 unspecified atom stereocenters. The van der Waals surface area contributed by atoms with Crippen molar-refractivity contribution < 1.29 is 38.1 Å². The van der Waals surface area contributed by atoms with Crippen molar-refractivity contribution in [2.24, 2.45) is 34.5 Å². The van der Waals surface area contributed by atoms with Crippen molar-refractivity contribution in [3.63, 3.8) is 0 Å². The smallest absolute Gasteiger partial charge is 0.330 e. The van der Waals surface area contributed by atoms with Crippen LogP contribution in [0, 0.1) is 34.5 Å². The first-order valence-corrected chi connectivity index (χ1v) is 15.7. The Bertz CT molecular complexity index is 1150. The molecule has 5 aliphatic rings. The van der Waals surface area contributed by atoms with Crippen molar-refractivity contribution in [3.05, 3.63) is 35.5 Å². The van der Waals surface area contributed by atoms with Crippen LogP contribution in [0.25, 0.3) is 0 Å². The second kappa shape index (κ2) is 12.3. The van der Waals surface area contributed by atoms with Crippen LogP contribution in [0.5, 0.6) is 0 Å². The average molecular weight is 585 g/mol. The second-order valence-electron chi connectivity index (χ2n) is 13.7. The number of hydrogen-bond donors (Lipinski definition) is 0. The van der Waals surface area contributed by atoms with Gasteiger partial charge in [0, 0.05) is 19.9 Å². The van der Waals surface area contributed by atoms with E-state index >= 15 is 0 Å².